The molecule has 0 fully saturated rings. The Morgan fingerprint density at radius 2 is 1.80 bits per heavy atom. The van der Waals surface area contributed by atoms with E-state index in [1.54, 1.807) is 76.2 Å². The maximum Gasteiger partial charge on any atom is 0.415 e. The van der Waals surface area contributed by atoms with Gasteiger partial charge in [0.2, 0.25) is 0 Å². The van der Waals surface area contributed by atoms with E-state index in [-0.39, 0.29) is 24.8 Å². The molecule has 0 atom stereocenters. The second-order valence-electron chi connectivity index (χ2n) is 8.54. The quantitative estimate of drug-likeness (QED) is 0.233. The van der Waals surface area contributed by atoms with Crippen molar-refractivity contribution in [2.24, 2.45) is 0 Å². The van der Waals surface area contributed by atoms with Crippen LogP contribution in [0, 0.1) is 3.57 Å². The number of rotatable bonds is 6. The fourth-order valence-electron chi connectivity index (χ4n) is 3.46. The second kappa shape index (κ2) is 11.3. The molecule has 0 aliphatic heterocycles. The lowest BCUT2D eigenvalue weighted by atomic mass is 10.2. The number of amides is 1. The van der Waals surface area contributed by atoms with E-state index >= 15 is 0 Å². The molecule has 184 valence electrons. The van der Waals surface area contributed by atoms with Crippen LogP contribution in [0.3, 0.4) is 0 Å². The number of halogens is 2. The summed E-state index contributed by atoms with van der Waals surface area (Å²) in [5, 5.41) is 0.624. The smallest absolute Gasteiger partial charge is 0.415 e. The Morgan fingerprint density at radius 3 is 2.40 bits per heavy atom. The van der Waals surface area contributed by atoms with Crippen LogP contribution in [-0.4, -0.2) is 41.3 Å². The molecule has 35 heavy (non-hydrogen) atoms. The highest BCUT2D eigenvalue weighted by atomic mass is 127. The van der Waals surface area contributed by atoms with E-state index in [9.17, 15) is 14.4 Å². The lowest BCUT2D eigenvalue weighted by Crippen LogP contribution is -2.37. The Bertz CT molecular complexity index is 1280. The van der Waals surface area contributed by atoms with Gasteiger partial charge in [0, 0.05) is 26.6 Å². The Kier molecular flexibility index (Phi) is 8.60. The van der Waals surface area contributed by atoms with Crippen molar-refractivity contribution in [1.29, 1.82) is 0 Å². The van der Waals surface area contributed by atoms with Crippen molar-refractivity contribution in [2.45, 2.75) is 33.3 Å². The third-order valence-corrected chi connectivity index (χ3v) is 6.20. The van der Waals surface area contributed by atoms with Gasteiger partial charge in [-0.25, -0.2) is 9.59 Å². The highest BCUT2D eigenvalue weighted by molar-refractivity contribution is 14.1. The van der Waals surface area contributed by atoms with E-state index in [4.69, 9.17) is 21.1 Å². The molecule has 0 saturated heterocycles. The molecule has 0 radical (unpaired) electrons. The maximum atomic E-state index is 13.4. The first-order valence-corrected chi connectivity index (χ1v) is 12.5. The second-order valence-corrected chi connectivity index (χ2v) is 9.87. The van der Waals surface area contributed by atoms with Gasteiger partial charge in [0.05, 0.1) is 17.8 Å². The molecule has 0 spiro atoms. The van der Waals surface area contributed by atoms with Gasteiger partial charge >= 0.3 is 12.1 Å². The summed E-state index contributed by atoms with van der Waals surface area (Å²) in [6, 6.07) is 13.7. The van der Waals surface area contributed by atoms with Crippen LogP contribution in [0.5, 0.6) is 0 Å². The topological polar surface area (TPSA) is 77.8 Å². The molecule has 3 rings (SSSR count). The molecule has 1 aromatic heterocycles. The van der Waals surface area contributed by atoms with Crippen molar-refractivity contribution in [3.05, 3.63) is 75.0 Å². The largest absolute Gasteiger partial charge is 0.461 e. The van der Waals surface area contributed by atoms with E-state index in [2.05, 4.69) is 22.6 Å². The molecular formula is C26H26ClIN2O5. The number of benzene rings is 2. The molecule has 0 bridgehead atoms. The zero-order valence-corrected chi connectivity index (χ0v) is 22.8. The van der Waals surface area contributed by atoms with Crippen molar-refractivity contribution in [1.82, 2.24) is 4.57 Å². The monoisotopic (exact) mass is 608 g/mol. The van der Waals surface area contributed by atoms with Crippen LogP contribution >= 0.6 is 34.2 Å². The lowest BCUT2D eigenvalue weighted by molar-refractivity contribution is 0.0509. The van der Waals surface area contributed by atoms with Gasteiger partial charge in [0.25, 0.3) is 5.91 Å². The summed E-state index contributed by atoms with van der Waals surface area (Å²) in [5.74, 6) is -0.972. The molecule has 1 amide bonds. The predicted molar refractivity (Wildman–Crippen MR) is 145 cm³/mol. The van der Waals surface area contributed by atoms with E-state index in [1.165, 1.54) is 15.0 Å². The van der Waals surface area contributed by atoms with Crippen molar-refractivity contribution in [3.8, 4) is 0 Å². The maximum absolute atomic E-state index is 13.4. The Hall–Kier alpha value is -2.85. The van der Waals surface area contributed by atoms with Gasteiger partial charge in [0.1, 0.15) is 11.3 Å². The number of nitrogens with zero attached hydrogens (tertiary/aromatic N) is 2. The fraction of sp³-hybridized carbons (Fsp3) is 0.269. The number of aromatic nitrogens is 1. The first kappa shape index (κ1) is 26.7. The standard InChI is InChI=1S/C26H26ClIN2O5/c1-5-34-24(32)21-16-18-19(30(21)23(31)17-10-7-6-8-11-17)12-13-20(22(18)28)29(15-9-14-27)25(33)35-26(2,3)4/h6-14,16H,5,15H2,1-4H3/b14-9+. The lowest BCUT2D eigenvalue weighted by Gasteiger charge is -2.27. The van der Waals surface area contributed by atoms with Gasteiger partial charge < -0.3 is 9.47 Å². The van der Waals surface area contributed by atoms with Crippen LogP contribution in [-0.2, 0) is 9.47 Å². The summed E-state index contributed by atoms with van der Waals surface area (Å²) in [4.78, 5) is 40.7. The van der Waals surface area contributed by atoms with Crippen LogP contribution in [0.4, 0.5) is 10.5 Å². The molecular weight excluding hydrogens is 583 g/mol. The third kappa shape index (κ3) is 6.05. The fourth-order valence-corrected chi connectivity index (χ4v) is 4.44. The summed E-state index contributed by atoms with van der Waals surface area (Å²) >= 11 is 7.84. The van der Waals surface area contributed by atoms with Crippen LogP contribution in [0.1, 0.15) is 48.5 Å². The van der Waals surface area contributed by atoms with Crippen molar-refractivity contribution in [2.75, 3.05) is 18.1 Å². The van der Waals surface area contributed by atoms with Crippen molar-refractivity contribution in [3.63, 3.8) is 0 Å². The van der Waals surface area contributed by atoms with Crippen molar-refractivity contribution >= 4 is 68.8 Å². The van der Waals surface area contributed by atoms with Gasteiger partial charge in [-0.2, -0.15) is 0 Å². The number of ether oxygens (including phenoxy) is 2. The van der Waals surface area contributed by atoms with E-state index in [0.717, 1.165) is 0 Å². The minimum absolute atomic E-state index is 0.107. The number of esters is 1. The molecule has 3 aromatic rings. The molecule has 1 heterocycles. The summed E-state index contributed by atoms with van der Waals surface area (Å²) in [7, 11) is 0. The summed E-state index contributed by atoms with van der Waals surface area (Å²) in [5.41, 5.74) is 2.25. The summed E-state index contributed by atoms with van der Waals surface area (Å²) < 4.78 is 12.8. The summed E-state index contributed by atoms with van der Waals surface area (Å²) in [6.45, 7) is 7.41. The highest BCUT2D eigenvalue weighted by Gasteiger charge is 2.28. The summed E-state index contributed by atoms with van der Waals surface area (Å²) in [6.07, 6.45) is 1.08. The average Bonchev–Trinajstić information content (AvgIpc) is 3.20. The van der Waals surface area contributed by atoms with Gasteiger partial charge in [-0.15, -0.1) is 0 Å². The van der Waals surface area contributed by atoms with Crippen LogP contribution in [0.15, 0.2) is 60.1 Å². The molecule has 0 aliphatic rings. The zero-order valence-electron chi connectivity index (χ0n) is 19.9. The minimum atomic E-state index is -0.696. The van der Waals surface area contributed by atoms with Gasteiger partial charge in [0.15, 0.2) is 0 Å². The Labute approximate surface area is 222 Å². The van der Waals surface area contributed by atoms with Gasteiger partial charge in [-0.05, 0) is 80.6 Å². The van der Waals surface area contributed by atoms with E-state index < -0.39 is 17.7 Å². The number of carbonyl (C=O) groups is 3. The molecule has 0 unspecified atom stereocenters. The number of anilines is 1. The molecule has 9 heteroatoms. The number of fused-ring (bicyclic) bond motifs is 1. The van der Waals surface area contributed by atoms with Crippen LogP contribution in [0.2, 0.25) is 0 Å². The molecule has 2 aromatic carbocycles. The van der Waals surface area contributed by atoms with Crippen LogP contribution in [0.25, 0.3) is 10.9 Å². The van der Waals surface area contributed by atoms with E-state index in [0.29, 0.717) is 25.7 Å². The van der Waals surface area contributed by atoms with Crippen LogP contribution < -0.4 is 4.90 Å². The Morgan fingerprint density at radius 1 is 1.11 bits per heavy atom. The normalized spacial score (nSPS) is 11.6. The predicted octanol–water partition coefficient (Wildman–Crippen LogP) is 6.61. The van der Waals surface area contributed by atoms with Gasteiger partial charge in [-0.1, -0.05) is 35.9 Å². The molecule has 0 saturated carbocycles. The third-order valence-electron chi connectivity index (χ3n) is 4.89. The number of carbonyl (C=O) groups excluding carboxylic acids is 3. The van der Waals surface area contributed by atoms with Crippen molar-refractivity contribution < 1.29 is 23.9 Å². The number of hydrogen-bond donors (Lipinski definition) is 0. The first-order valence-electron chi connectivity index (χ1n) is 11.0. The number of hydrogen-bond acceptors (Lipinski definition) is 5. The van der Waals surface area contributed by atoms with E-state index in [1.807, 2.05) is 6.07 Å². The average molecular weight is 609 g/mol. The molecule has 0 N–H and O–H groups in total. The molecule has 7 nitrogen and oxygen atoms in total. The SMILES string of the molecule is CCOC(=O)c1cc2c(I)c(N(C/C=C/Cl)C(=O)OC(C)(C)C)ccc2n1C(=O)c1ccccc1. The highest BCUT2D eigenvalue weighted by Crippen LogP contribution is 2.34. The zero-order chi connectivity index (χ0) is 25.8. The van der Waals surface area contributed by atoms with Gasteiger partial charge in [-0.3, -0.25) is 14.3 Å². The Balaban J connectivity index is 2.21. The minimum Gasteiger partial charge on any atom is -0.461 e. The molecule has 0 aliphatic carbocycles. The first-order chi connectivity index (χ1) is 16.6.